The Kier molecular flexibility index (Phi) is 4.84. The number of rotatable bonds is 5. The zero-order chi connectivity index (χ0) is 17.6. The summed E-state index contributed by atoms with van der Waals surface area (Å²) in [6.07, 6.45) is 2.64. The van der Waals surface area contributed by atoms with E-state index in [1.54, 1.807) is 12.1 Å². The van der Waals surface area contributed by atoms with E-state index in [2.05, 4.69) is 15.3 Å². The van der Waals surface area contributed by atoms with E-state index in [0.717, 1.165) is 5.56 Å². The van der Waals surface area contributed by atoms with Gasteiger partial charge < -0.3 is 15.8 Å². The van der Waals surface area contributed by atoms with Crippen LogP contribution in [0, 0.1) is 5.82 Å². The molecule has 2 aromatic carbocycles. The Hall–Kier alpha value is -3.48. The maximum Gasteiger partial charge on any atom is 0.258 e. The molecular formula is C18H15FN4O2. The van der Waals surface area contributed by atoms with Crippen LogP contribution in [-0.4, -0.2) is 15.9 Å². The van der Waals surface area contributed by atoms with Crippen molar-refractivity contribution in [1.29, 1.82) is 0 Å². The van der Waals surface area contributed by atoms with Crippen LogP contribution in [0.25, 0.3) is 0 Å². The Bertz CT molecular complexity index is 867. The molecule has 0 atom stereocenters. The molecule has 0 saturated carbocycles. The van der Waals surface area contributed by atoms with Gasteiger partial charge in [0, 0.05) is 18.4 Å². The molecular weight excluding hydrogens is 323 g/mol. The lowest BCUT2D eigenvalue weighted by Crippen LogP contribution is -2.23. The van der Waals surface area contributed by atoms with Crippen molar-refractivity contribution in [3.05, 3.63) is 78.0 Å². The highest BCUT2D eigenvalue weighted by atomic mass is 19.1. The van der Waals surface area contributed by atoms with Crippen LogP contribution >= 0.6 is 0 Å². The van der Waals surface area contributed by atoms with Gasteiger partial charge in [-0.1, -0.05) is 12.1 Å². The number of anilines is 1. The summed E-state index contributed by atoms with van der Waals surface area (Å²) < 4.78 is 18.5. The fraction of sp³-hybridized carbons (Fsp3) is 0.0556. The van der Waals surface area contributed by atoms with Gasteiger partial charge >= 0.3 is 0 Å². The van der Waals surface area contributed by atoms with Gasteiger partial charge in [0.2, 0.25) is 5.88 Å². The molecule has 0 aliphatic heterocycles. The number of nitrogens with two attached hydrogens (primary N) is 1. The maximum atomic E-state index is 13.0. The van der Waals surface area contributed by atoms with Crippen LogP contribution in [0.5, 0.6) is 11.6 Å². The number of carbonyl (C=O) groups is 1. The average Bonchev–Trinajstić information content (AvgIpc) is 2.63. The highest BCUT2D eigenvalue weighted by Gasteiger charge is 2.15. The average molecular weight is 338 g/mol. The first-order valence-corrected chi connectivity index (χ1v) is 7.48. The second kappa shape index (κ2) is 7.39. The SMILES string of the molecule is Nc1ccc(CNC(=O)c2cncnc2Oc2ccc(F)cc2)cc1. The fourth-order valence-corrected chi connectivity index (χ4v) is 2.08. The molecule has 0 fully saturated rings. The first-order valence-electron chi connectivity index (χ1n) is 7.48. The summed E-state index contributed by atoms with van der Waals surface area (Å²) in [6.45, 7) is 0.323. The lowest BCUT2D eigenvalue weighted by molar-refractivity contribution is 0.0947. The fourth-order valence-electron chi connectivity index (χ4n) is 2.08. The maximum absolute atomic E-state index is 13.0. The molecule has 0 saturated heterocycles. The summed E-state index contributed by atoms with van der Waals surface area (Å²) in [4.78, 5) is 20.2. The van der Waals surface area contributed by atoms with E-state index < -0.39 is 0 Å². The van der Waals surface area contributed by atoms with Gasteiger partial charge in [-0.3, -0.25) is 4.79 Å². The number of benzene rings is 2. The van der Waals surface area contributed by atoms with Gasteiger partial charge in [-0.2, -0.15) is 0 Å². The molecule has 25 heavy (non-hydrogen) atoms. The Balaban J connectivity index is 1.71. The number of aromatic nitrogens is 2. The van der Waals surface area contributed by atoms with Gasteiger partial charge in [-0.25, -0.2) is 14.4 Å². The van der Waals surface area contributed by atoms with Crippen molar-refractivity contribution in [3.63, 3.8) is 0 Å². The molecule has 3 rings (SSSR count). The molecule has 1 amide bonds. The molecule has 0 aliphatic carbocycles. The number of amides is 1. The van der Waals surface area contributed by atoms with Crippen LogP contribution in [0.15, 0.2) is 61.1 Å². The second-order valence-electron chi connectivity index (χ2n) is 5.22. The molecule has 0 aliphatic rings. The van der Waals surface area contributed by atoms with Crippen molar-refractivity contribution < 1.29 is 13.9 Å². The predicted molar refractivity (Wildman–Crippen MR) is 90.5 cm³/mol. The highest BCUT2D eigenvalue weighted by Crippen LogP contribution is 2.22. The molecule has 0 unspecified atom stereocenters. The van der Waals surface area contributed by atoms with Crippen molar-refractivity contribution in [2.45, 2.75) is 6.54 Å². The monoisotopic (exact) mass is 338 g/mol. The minimum absolute atomic E-state index is 0.0939. The molecule has 3 N–H and O–H groups in total. The molecule has 0 radical (unpaired) electrons. The van der Waals surface area contributed by atoms with Crippen LogP contribution in [0.3, 0.4) is 0 Å². The highest BCUT2D eigenvalue weighted by molar-refractivity contribution is 5.96. The number of hydrogen-bond donors (Lipinski definition) is 2. The number of nitrogens with one attached hydrogen (secondary N) is 1. The summed E-state index contributed by atoms with van der Waals surface area (Å²) in [5.74, 6) is -0.296. The number of nitrogen functional groups attached to an aromatic ring is 1. The van der Waals surface area contributed by atoms with Gasteiger partial charge in [0.1, 0.15) is 23.5 Å². The smallest absolute Gasteiger partial charge is 0.258 e. The number of ether oxygens (including phenoxy) is 1. The molecule has 7 heteroatoms. The minimum atomic E-state index is -0.380. The van der Waals surface area contributed by atoms with E-state index in [1.165, 1.54) is 36.8 Å². The van der Waals surface area contributed by atoms with Crippen molar-refractivity contribution in [2.24, 2.45) is 0 Å². The molecule has 6 nitrogen and oxygen atoms in total. The van der Waals surface area contributed by atoms with Gasteiger partial charge in [0.15, 0.2) is 0 Å². The largest absolute Gasteiger partial charge is 0.438 e. The van der Waals surface area contributed by atoms with Crippen LogP contribution in [0.4, 0.5) is 10.1 Å². The lowest BCUT2D eigenvalue weighted by Gasteiger charge is -2.10. The zero-order valence-electron chi connectivity index (χ0n) is 13.1. The Morgan fingerprint density at radius 3 is 2.56 bits per heavy atom. The topological polar surface area (TPSA) is 90.1 Å². The second-order valence-corrected chi connectivity index (χ2v) is 5.22. The first kappa shape index (κ1) is 16.4. The minimum Gasteiger partial charge on any atom is -0.438 e. The number of carbonyl (C=O) groups excluding carboxylic acids is 1. The predicted octanol–water partition coefficient (Wildman–Crippen LogP) is 2.92. The standard InChI is InChI=1S/C18H15FN4O2/c19-13-3-7-15(8-4-13)25-18-16(10-21-11-23-18)17(24)22-9-12-1-5-14(20)6-2-12/h1-8,10-11H,9,20H2,(H,22,24). The van der Waals surface area contributed by atoms with E-state index in [1.807, 2.05) is 12.1 Å². The van der Waals surface area contributed by atoms with Crippen molar-refractivity contribution in [2.75, 3.05) is 5.73 Å². The molecule has 0 bridgehead atoms. The van der Waals surface area contributed by atoms with Gasteiger partial charge in [-0.05, 0) is 42.0 Å². The molecule has 0 spiro atoms. The van der Waals surface area contributed by atoms with E-state index in [4.69, 9.17) is 10.5 Å². The summed E-state index contributed by atoms with van der Waals surface area (Å²) in [7, 11) is 0. The normalized spacial score (nSPS) is 10.3. The Morgan fingerprint density at radius 2 is 1.84 bits per heavy atom. The quantitative estimate of drug-likeness (QED) is 0.698. The van der Waals surface area contributed by atoms with Gasteiger partial charge in [-0.15, -0.1) is 0 Å². The molecule has 126 valence electrons. The first-order chi connectivity index (χ1) is 12.1. The number of halogens is 1. The van der Waals surface area contributed by atoms with Crippen LogP contribution in [0.1, 0.15) is 15.9 Å². The Morgan fingerprint density at radius 1 is 1.12 bits per heavy atom. The number of nitrogens with zero attached hydrogens (tertiary/aromatic N) is 2. The molecule has 1 heterocycles. The van der Waals surface area contributed by atoms with Crippen LogP contribution in [-0.2, 0) is 6.54 Å². The van der Waals surface area contributed by atoms with Gasteiger partial charge in [0.05, 0.1) is 0 Å². The molecule has 1 aromatic heterocycles. The van der Waals surface area contributed by atoms with E-state index in [-0.39, 0.29) is 23.2 Å². The third-order valence-corrected chi connectivity index (χ3v) is 3.38. The number of hydrogen-bond acceptors (Lipinski definition) is 5. The van der Waals surface area contributed by atoms with Crippen LogP contribution < -0.4 is 15.8 Å². The third kappa shape index (κ3) is 4.29. The third-order valence-electron chi connectivity index (χ3n) is 3.38. The Labute approximate surface area is 143 Å². The van der Waals surface area contributed by atoms with E-state index in [0.29, 0.717) is 18.0 Å². The summed E-state index contributed by atoms with van der Waals surface area (Å²) in [6, 6.07) is 12.6. The zero-order valence-corrected chi connectivity index (χ0v) is 13.1. The summed E-state index contributed by atoms with van der Waals surface area (Å²) in [5, 5.41) is 2.77. The van der Waals surface area contributed by atoms with E-state index in [9.17, 15) is 9.18 Å². The van der Waals surface area contributed by atoms with Crippen molar-refractivity contribution in [1.82, 2.24) is 15.3 Å². The van der Waals surface area contributed by atoms with Crippen molar-refractivity contribution >= 4 is 11.6 Å². The van der Waals surface area contributed by atoms with Crippen molar-refractivity contribution in [3.8, 4) is 11.6 Å². The summed E-state index contributed by atoms with van der Waals surface area (Å²) >= 11 is 0. The van der Waals surface area contributed by atoms with E-state index >= 15 is 0 Å². The molecule has 3 aromatic rings. The van der Waals surface area contributed by atoms with Crippen LogP contribution in [0.2, 0.25) is 0 Å². The lowest BCUT2D eigenvalue weighted by atomic mass is 10.2. The summed E-state index contributed by atoms with van der Waals surface area (Å²) in [5.41, 5.74) is 7.37. The van der Waals surface area contributed by atoms with Gasteiger partial charge in [0.25, 0.3) is 5.91 Å².